The summed E-state index contributed by atoms with van der Waals surface area (Å²) in [7, 11) is -4.00. The summed E-state index contributed by atoms with van der Waals surface area (Å²) in [5.74, 6) is -0.661. The Morgan fingerprint density at radius 1 is 1.69 bits per heavy atom. The van der Waals surface area contributed by atoms with E-state index in [-0.39, 0.29) is 12.2 Å². The Morgan fingerprint density at radius 3 is 2.62 bits per heavy atom. The van der Waals surface area contributed by atoms with Crippen LogP contribution in [0.15, 0.2) is 17.1 Å². The topological polar surface area (TPSA) is 93.0 Å². The van der Waals surface area contributed by atoms with Gasteiger partial charge in [0, 0.05) is 10.5 Å². The van der Waals surface area contributed by atoms with Crippen LogP contribution in [0, 0.1) is 4.91 Å². The van der Waals surface area contributed by atoms with Crippen molar-refractivity contribution in [2.45, 2.75) is 6.92 Å². The van der Waals surface area contributed by atoms with Crippen molar-refractivity contribution >= 4 is 13.5 Å². The lowest BCUT2D eigenvalue weighted by Gasteiger charge is -2.04. The third-order valence-electron chi connectivity index (χ3n) is 1.09. The lowest BCUT2D eigenvalue weighted by Crippen LogP contribution is -2.08. The second-order valence-corrected chi connectivity index (χ2v) is 4.33. The fourth-order valence-electron chi connectivity index (χ4n) is 0.421. The second-order valence-electron chi connectivity index (χ2n) is 2.39. The number of rotatable bonds is 5. The first kappa shape index (κ1) is 12.0. The molecule has 0 aromatic rings. The molecule has 0 rings (SSSR count). The first-order valence-corrected chi connectivity index (χ1v) is 5.18. The molecule has 6 nitrogen and oxygen atoms in total. The minimum Gasteiger partial charge on any atom is -0.462 e. The van der Waals surface area contributed by atoms with Gasteiger partial charge in [0.15, 0.2) is 0 Å². The van der Waals surface area contributed by atoms with Crippen molar-refractivity contribution in [2.24, 2.45) is 4.95 Å². The molecule has 1 N–H and O–H groups in total. The van der Waals surface area contributed by atoms with Gasteiger partial charge in [0.2, 0.25) is 0 Å². The molecular formula is C6H10NO5P. The zero-order chi connectivity index (χ0) is 10.5. The molecule has 0 saturated carbocycles. The molecule has 0 aromatic heterocycles. The van der Waals surface area contributed by atoms with Crippen LogP contribution >= 0.6 is 7.52 Å². The summed E-state index contributed by atoms with van der Waals surface area (Å²) >= 11 is 0. The van der Waals surface area contributed by atoms with Gasteiger partial charge in [-0.15, -0.1) is 4.91 Å². The Kier molecular flexibility index (Phi) is 4.51. The smallest absolute Gasteiger partial charge is 0.353 e. The molecule has 0 aliphatic heterocycles. The van der Waals surface area contributed by atoms with Crippen LogP contribution in [0.3, 0.4) is 0 Å². The lowest BCUT2D eigenvalue weighted by atomic mass is 10.4. The standard InChI is InChI=1S/C6H10NO5P/c1-5(2)6(8)12-3-4-13(10,11)7-9/h1,3-4H2,2H3,(H,10,11). The summed E-state index contributed by atoms with van der Waals surface area (Å²) < 4.78 is 15.1. The van der Waals surface area contributed by atoms with E-state index in [1.54, 1.807) is 0 Å². The Balaban J connectivity index is 3.81. The number of carbonyl (C=O) groups excluding carboxylic acids is 1. The van der Waals surface area contributed by atoms with Crippen LogP contribution in [0.5, 0.6) is 0 Å². The largest absolute Gasteiger partial charge is 0.462 e. The van der Waals surface area contributed by atoms with Crippen LogP contribution in [0.2, 0.25) is 0 Å². The van der Waals surface area contributed by atoms with E-state index < -0.39 is 19.7 Å². The van der Waals surface area contributed by atoms with Crippen molar-refractivity contribution in [1.82, 2.24) is 0 Å². The first-order valence-electron chi connectivity index (χ1n) is 3.38. The van der Waals surface area contributed by atoms with Gasteiger partial charge in [-0.05, 0) is 6.92 Å². The molecule has 0 spiro atoms. The van der Waals surface area contributed by atoms with Gasteiger partial charge in [0.05, 0.1) is 6.16 Å². The average molecular weight is 207 g/mol. The van der Waals surface area contributed by atoms with Gasteiger partial charge in [-0.3, -0.25) is 4.57 Å². The normalized spacial score (nSPS) is 14.3. The number of ether oxygens (including phenoxy) is 1. The van der Waals surface area contributed by atoms with Crippen molar-refractivity contribution in [3.05, 3.63) is 17.1 Å². The molecule has 7 heteroatoms. The summed E-state index contributed by atoms with van der Waals surface area (Å²) in [6.45, 7) is 4.43. The van der Waals surface area contributed by atoms with Crippen molar-refractivity contribution in [3.63, 3.8) is 0 Å². The highest BCUT2D eigenvalue weighted by atomic mass is 31.2. The Bertz CT molecular complexity index is 274. The lowest BCUT2D eigenvalue weighted by molar-refractivity contribution is -0.138. The van der Waals surface area contributed by atoms with Gasteiger partial charge >= 0.3 is 13.5 Å². The molecular weight excluding hydrogens is 197 g/mol. The molecule has 0 bridgehead atoms. The van der Waals surface area contributed by atoms with Crippen molar-refractivity contribution in [3.8, 4) is 0 Å². The number of carbonyl (C=O) groups is 1. The Labute approximate surface area is 75.1 Å². The fraction of sp³-hybridized carbons (Fsp3) is 0.500. The summed E-state index contributed by atoms with van der Waals surface area (Å²) in [4.78, 5) is 31.1. The number of esters is 1. The molecule has 0 amide bonds. The maximum absolute atomic E-state index is 10.7. The van der Waals surface area contributed by atoms with E-state index >= 15 is 0 Å². The summed E-state index contributed by atoms with van der Waals surface area (Å²) in [6.07, 6.45) is -0.463. The second kappa shape index (κ2) is 4.89. The minimum atomic E-state index is -4.00. The molecule has 1 unspecified atom stereocenters. The molecule has 0 aliphatic carbocycles. The average Bonchev–Trinajstić information content (AvgIpc) is 2.04. The number of nitrogens with zero attached hydrogens (tertiary/aromatic N) is 1. The predicted octanol–water partition coefficient (Wildman–Crippen LogP) is 1.06. The summed E-state index contributed by atoms with van der Waals surface area (Å²) in [6, 6.07) is 0. The predicted molar refractivity (Wildman–Crippen MR) is 46.3 cm³/mol. The number of nitroso groups, excluding NO2 is 1. The highest BCUT2D eigenvalue weighted by Crippen LogP contribution is 2.40. The van der Waals surface area contributed by atoms with Gasteiger partial charge in [-0.1, -0.05) is 6.58 Å². The maximum Gasteiger partial charge on any atom is 0.353 e. The van der Waals surface area contributed by atoms with Gasteiger partial charge in [-0.25, -0.2) is 4.79 Å². The third kappa shape index (κ3) is 5.27. The van der Waals surface area contributed by atoms with Gasteiger partial charge < -0.3 is 9.63 Å². The Hall–Kier alpha value is -1.00. The molecule has 0 heterocycles. The molecule has 74 valence electrons. The molecule has 0 saturated heterocycles. The van der Waals surface area contributed by atoms with E-state index in [2.05, 4.69) is 11.3 Å². The third-order valence-corrected chi connectivity index (χ3v) is 2.11. The SMILES string of the molecule is C=C(C)C(=O)OCCP(=O)(O)N=O. The van der Waals surface area contributed by atoms with Gasteiger partial charge in [-0.2, -0.15) is 0 Å². The van der Waals surface area contributed by atoms with Crippen LogP contribution < -0.4 is 0 Å². The number of hydrogen-bond acceptors (Lipinski definition) is 4. The molecule has 0 aromatic carbocycles. The highest BCUT2D eigenvalue weighted by molar-refractivity contribution is 7.56. The van der Waals surface area contributed by atoms with Crippen molar-refractivity contribution in [2.75, 3.05) is 12.8 Å². The van der Waals surface area contributed by atoms with E-state index in [9.17, 15) is 14.3 Å². The quantitative estimate of drug-likeness (QED) is 0.315. The molecule has 13 heavy (non-hydrogen) atoms. The van der Waals surface area contributed by atoms with E-state index in [1.807, 2.05) is 4.95 Å². The summed E-state index contributed by atoms with van der Waals surface area (Å²) in [5, 5.41) is 0. The first-order chi connectivity index (χ1) is 5.89. The van der Waals surface area contributed by atoms with Crippen LogP contribution in [-0.4, -0.2) is 23.6 Å². The molecule has 0 radical (unpaired) electrons. The van der Waals surface area contributed by atoms with E-state index in [0.29, 0.717) is 0 Å². The molecule has 1 atom stereocenters. The van der Waals surface area contributed by atoms with Gasteiger partial charge in [0.1, 0.15) is 6.61 Å². The van der Waals surface area contributed by atoms with Crippen LogP contribution in [0.4, 0.5) is 0 Å². The minimum absolute atomic E-state index is 0.187. The molecule has 0 fully saturated rings. The fourth-order valence-corrected chi connectivity index (χ4v) is 0.832. The Morgan fingerprint density at radius 2 is 2.23 bits per heavy atom. The maximum atomic E-state index is 10.7. The van der Waals surface area contributed by atoms with Crippen molar-refractivity contribution < 1.29 is 19.0 Å². The highest BCUT2D eigenvalue weighted by Gasteiger charge is 2.19. The zero-order valence-corrected chi connectivity index (χ0v) is 7.99. The van der Waals surface area contributed by atoms with Crippen molar-refractivity contribution in [1.29, 1.82) is 0 Å². The van der Waals surface area contributed by atoms with Crippen LogP contribution in [0.25, 0.3) is 0 Å². The van der Waals surface area contributed by atoms with Gasteiger partial charge in [0.25, 0.3) is 0 Å². The number of hydrogen-bond donors (Lipinski definition) is 1. The van der Waals surface area contributed by atoms with E-state index in [1.165, 1.54) is 6.92 Å². The van der Waals surface area contributed by atoms with E-state index in [4.69, 9.17) is 4.89 Å². The monoisotopic (exact) mass is 207 g/mol. The van der Waals surface area contributed by atoms with Crippen LogP contribution in [0.1, 0.15) is 6.92 Å². The summed E-state index contributed by atoms with van der Waals surface area (Å²) in [5.41, 5.74) is 0.187. The zero-order valence-electron chi connectivity index (χ0n) is 7.10. The molecule has 0 aliphatic rings. The van der Waals surface area contributed by atoms with E-state index in [0.717, 1.165) is 0 Å². The van der Waals surface area contributed by atoms with Crippen LogP contribution in [-0.2, 0) is 14.1 Å².